The highest BCUT2D eigenvalue weighted by atomic mass is 19.1. The molecule has 6 nitrogen and oxygen atoms in total. The van der Waals surface area contributed by atoms with Crippen molar-refractivity contribution in [2.45, 2.75) is 62.8 Å². The van der Waals surface area contributed by atoms with Gasteiger partial charge >= 0.3 is 5.97 Å². The summed E-state index contributed by atoms with van der Waals surface area (Å²) >= 11 is 0. The molecule has 3 fully saturated rings. The topological polar surface area (TPSA) is 69.8 Å². The van der Waals surface area contributed by atoms with Gasteiger partial charge in [0.1, 0.15) is 11.9 Å². The minimum Gasteiger partial charge on any atom is -0.480 e. The van der Waals surface area contributed by atoms with Gasteiger partial charge in [0.2, 0.25) is 0 Å². The molecule has 6 rings (SSSR count). The predicted molar refractivity (Wildman–Crippen MR) is 145 cm³/mol. The fourth-order valence-electron chi connectivity index (χ4n) is 7.45. The van der Waals surface area contributed by atoms with Crippen molar-refractivity contribution in [3.8, 4) is 0 Å². The van der Waals surface area contributed by atoms with Crippen molar-refractivity contribution >= 4 is 16.9 Å². The third-order valence-corrected chi connectivity index (χ3v) is 9.37. The number of nitrogens with zero attached hydrogens (tertiary/aromatic N) is 3. The van der Waals surface area contributed by atoms with E-state index in [0.29, 0.717) is 23.3 Å². The van der Waals surface area contributed by atoms with E-state index in [-0.39, 0.29) is 17.8 Å². The van der Waals surface area contributed by atoms with Crippen molar-refractivity contribution in [3.05, 3.63) is 65.6 Å². The molecule has 1 aliphatic carbocycles. The number of piperidine rings is 1. The molecule has 1 N–H and O–H groups in total. The molecule has 1 saturated carbocycles. The number of hydrogen-bond donors (Lipinski definition) is 1. The number of benzene rings is 2. The Morgan fingerprint density at radius 3 is 2.53 bits per heavy atom. The molecule has 3 unspecified atom stereocenters. The van der Waals surface area contributed by atoms with Crippen LogP contribution in [-0.4, -0.2) is 64.8 Å². The number of halogens is 1. The summed E-state index contributed by atoms with van der Waals surface area (Å²) in [6, 6.07) is 15.0. The number of rotatable bonds is 7. The van der Waals surface area contributed by atoms with Gasteiger partial charge in [0.15, 0.2) is 5.58 Å². The average Bonchev–Trinajstić information content (AvgIpc) is 3.54. The van der Waals surface area contributed by atoms with Crippen LogP contribution in [-0.2, 0) is 4.79 Å². The lowest BCUT2D eigenvalue weighted by Gasteiger charge is -2.35. The van der Waals surface area contributed by atoms with Crippen LogP contribution in [0, 0.1) is 17.7 Å². The van der Waals surface area contributed by atoms with Crippen LogP contribution in [0.5, 0.6) is 0 Å². The number of fused-ring (bicyclic) bond motifs is 1. The maximum absolute atomic E-state index is 13.6. The number of aliphatic carboxylic acids is 1. The molecular weight excluding hydrogens is 481 g/mol. The van der Waals surface area contributed by atoms with Crippen molar-refractivity contribution in [1.82, 2.24) is 15.0 Å². The third kappa shape index (κ3) is 5.23. The van der Waals surface area contributed by atoms with Gasteiger partial charge in [-0.3, -0.25) is 9.69 Å². The Kier molecular flexibility index (Phi) is 7.48. The summed E-state index contributed by atoms with van der Waals surface area (Å²) in [7, 11) is 0. The monoisotopic (exact) mass is 519 g/mol. The highest BCUT2D eigenvalue weighted by Crippen LogP contribution is 2.39. The van der Waals surface area contributed by atoms with E-state index in [4.69, 9.17) is 4.52 Å². The highest BCUT2D eigenvalue weighted by Gasteiger charge is 2.43. The van der Waals surface area contributed by atoms with Gasteiger partial charge < -0.3 is 14.5 Å². The first kappa shape index (κ1) is 25.5. The van der Waals surface area contributed by atoms with Crippen LogP contribution in [0.4, 0.5) is 4.39 Å². The van der Waals surface area contributed by atoms with Gasteiger partial charge in [-0.05, 0) is 68.3 Å². The quantitative estimate of drug-likeness (QED) is 0.419. The Hall–Kier alpha value is -2.77. The summed E-state index contributed by atoms with van der Waals surface area (Å²) in [4.78, 5) is 17.4. The lowest BCUT2D eigenvalue weighted by atomic mass is 9.83. The Labute approximate surface area is 223 Å². The number of aromatic nitrogens is 1. The molecule has 3 atom stereocenters. The van der Waals surface area contributed by atoms with E-state index in [0.717, 1.165) is 82.3 Å². The minimum absolute atomic E-state index is 0.262. The zero-order valence-electron chi connectivity index (χ0n) is 22.0. The first-order valence-corrected chi connectivity index (χ1v) is 14.4. The van der Waals surface area contributed by atoms with Crippen LogP contribution < -0.4 is 0 Å². The molecule has 1 aromatic heterocycles. The summed E-state index contributed by atoms with van der Waals surface area (Å²) in [6.45, 7) is 4.59. The summed E-state index contributed by atoms with van der Waals surface area (Å²) in [5, 5.41) is 15.5. The fraction of sp³-hybridized carbons (Fsp3) is 0.548. The van der Waals surface area contributed by atoms with Gasteiger partial charge in [-0.25, -0.2) is 4.39 Å². The Balaban J connectivity index is 1.15. The van der Waals surface area contributed by atoms with Crippen LogP contribution in [0.1, 0.15) is 68.0 Å². The molecule has 0 amide bonds. The van der Waals surface area contributed by atoms with Crippen LogP contribution in [0.25, 0.3) is 11.0 Å². The first-order valence-electron chi connectivity index (χ1n) is 14.4. The predicted octanol–water partition coefficient (Wildman–Crippen LogP) is 5.90. The van der Waals surface area contributed by atoms with Crippen LogP contribution >= 0.6 is 0 Å². The molecule has 2 saturated heterocycles. The van der Waals surface area contributed by atoms with Crippen LogP contribution in [0.15, 0.2) is 53.1 Å². The average molecular weight is 520 g/mol. The van der Waals surface area contributed by atoms with E-state index < -0.39 is 5.97 Å². The van der Waals surface area contributed by atoms with Gasteiger partial charge in [-0.15, -0.1) is 0 Å². The number of hydrogen-bond acceptors (Lipinski definition) is 5. The minimum atomic E-state index is -0.648. The molecule has 0 bridgehead atoms. The molecule has 2 aliphatic heterocycles. The standard InChI is InChI=1S/C31H38FN3O3/c32-25-11-12-26-28(17-25)38-33-29(26)22-13-15-34(16-14-22)18-24-19-35(20-27(24)21-7-3-1-4-8-21)30(31(36)37)23-9-5-2-6-10-23/h1,3-4,7-8,11-12,17,22-24,27,30H,2,5-6,9-10,13-16,18-20H2,(H,36,37). The summed E-state index contributed by atoms with van der Waals surface area (Å²) in [5.74, 6) is 0.361. The van der Waals surface area contributed by atoms with E-state index in [9.17, 15) is 14.3 Å². The van der Waals surface area contributed by atoms with Gasteiger partial charge in [0.25, 0.3) is 0 Å². The first-order chi connectivity index (χ1) is 18.6. The second-order valence-corrected chi connectivity index (χ2v) is 11.7. The normalized spacial score (nSPS) is 25.2. The van der Waals surface area contributed by atoms with E-state index in [1.54, 1.807) is 6.07 Å². The van der Waals surface area contributed by atoms with Crippen LogP contribution in [0.3, 0.4) is 0 Å². The lowest BCUT2D eigenvalue weighted by Crippen LogP contribution is -2.46. The fourth-order valence-corrected chi connectivity index (χ4v) is 7.45. The van der Waals surface area contributed by atoms with E-state index in [2.05, 4.69) is 45.3 Å². The van der Waals surface area contributed by atoms with E-state index in [1.165, 1.54) is 24.1 Å². The maximum atomic E-state index is 13.6. The van der Waals surface area contributed by atoms with E-state index in [1.807, 2.05) is 0 Å². The van der Waals surface area contributed by atoms with Crippen molar-refractivity contribution in [2.24, 2.45) is 11.8 Å². The number of likely N-dealkylation sites (tertiary alicyclic amines) is 2. The second-order valence-electron chi connectivity index (χ2n) is 11.7. The van der Waals surface area contributed by atoms with Gasteiger partial charge in [0, 0.05) is 42.9 Å². The third-order valence-electron chi connectivity index (χ3n) is 9.37. The highest BCUT2D eigenvalue weighted by molar-refractivity contribution is 5.80. The molecule has 3 heterocycles. The Morgan fingerprint density at radius 1 is 1.03 bits per heavy atom. The number of carbonyl (C=O) groups is 1. The maximum Gasteiger partial charge on any atom is 0.321 e. The Morgan fingerprint density at radius 2 is 1.79 bits per heavy atom. The molecular formula is C31H38FN3O3. The molecule has 3 aliphatic rings. The SMILES string of the molecule is O=C(O)C(C1CCCCC1)N1CC(CN2CCC(c3noc4cc(F)ccc34)CC2)C(c2ccccc2)C1. The summed E-state index contributed by atoms with van der Waals surface area (Å²) < 4.78 is 19.0. The number of carboxylic acid groups (broad SMARTS) is 1. The molecule has 0 radical (unpaired) electrons. The molecule has 202 valence electrons. The zero-order chi connectivity index (χ0) is 26.1. The molecule has 0 spiro atoms. The largest absolute Gasteiger partial charge is 0.480 e. The zero-order valence-corrected chi connectivity index (χ0v) is 22.0. The van der Waals surface area contributed by atoms with E-state index >= 15 is 0 Å². The molecule has 3 aromatic rings. The van der Waals surface area contributed by atoms with Gasteiger partial charge in [0.05, 0.1) is 5.69 Å². The molecule has 38 heavy (non-hydrogen) atoms. The van der Waals surface area contributed by atoms with Crippen molar-refractivity contribution in [2.75, 3.05) is 32.7 Å². The molecule has 2 aromatic carbocycles. The Bertz CT molecular complexity index is 1230. The number of carboxylic acids is 1. The van der Waals surface area contributed by atoms with Crippen molar-refractivity contribution in [1.29, 1.82) is 0 Å². The summed E-state index contributed by atoms with van der Waals surface area (Å²) in [6.07, 6.45) is 7.58. The van der Waals surface area contributed by atoms with Crippen LogP contribution in [0.2, 0.25) is 0 Å². The van der Waals surface area contributed by atoms with Crippen molar-refractivity contribution in [3.63, 3.8) is 0 Å². The smallest absolute Gasteiger partial charge is 0.321 e. The molecule has 7 heteroatoms. The second kappa shape index (κ2) is 11.1. The van der Waals surface area contributed by atoms with Crippen molar-refractivity contribution < 1.29 is 18.8 Å². The van der Waals surface area contributed by atoms with Gasteiger partial charge in [-0.1, -0.05) is 54.8 Å². The lowest BCUT2D eigenvalue weighted by molar-refractivity contribution is -0.145. The van der Waals surface area contributed by atoms with Gasteiger partial charge in [-0.2, -0.15) is 0 Å². The summed E-state index contributed by atoms with van der Waals surface area (Å²) in [5.41, 5.74) is 2.79.